The van der Waals surface area contributed by atoms with Gasteiger partial charge in [0, 0.05) is 13.0 Å². The minimum atomic E-state index is -1.90. The van der Waals surface area contributed by atoms with Crippen molar-refractivity contribution < 1.29 is 19.4 Å². The highest BCUT2D eigenvalue weighted by molar-refractivity contribution is 5.79. The molecule has 1 fully saturated rings. The van der Waals surface area contributed by atoms with Gasteiger partial charge < -0.3 is 15.5 Å². The van der Waals surface area contributed by atoms with Gasteiger partial charge in [0.1, 0.15) is 5.82 Å². The van der Waals surface area contributed by atoms with Gasteiger partial charge in [-0.25, -0.2) is 4.39 Å². The van der Waals surface area contributed by atoms with Crippen molar-refractivity contribution in [2.24, 2.45) is 5.92 Å². The summed E-state index contributed by atoms with van der Waals surface area (Å²) in [5.74, 6) is -3.32. The van der Waals surface area contributed by atoms with E-state index < -0.39 is 11.7 Å². The van der Waals surface area contributed by atoms with Crippen molar-refractivity contribution in [2.75, 3.05) is 6.54 Å². The fraction of sp³-hybridized carbons (Fsp3) is 0.533. The third-order valence-electron chi connectivity index (χ3n) is 3.76. The number of aliphatic hydroxyl groups is 2. The average Bonchev–Trinajstić information content (AvgIpc) is 2.38. The summed E-state index contributed by atoms with van der Waals surface area (Å²) in [5.41, 5.74) is 0.799. The highest BCUT2D eigenvalue weighted by Crippen LogP contribution is 2.31. The molecule has 0 spiro atoms. The van der Waals surface area contributed by atoms with E-state index in [-0.39, 0.29) is 18.1 Å². The highest BCUT2D eigenvalue weighted by atomic mass is 19.1. The van der Waals surface area contributed by atoms with Crippen molar-refractivity contribution >= 4 is 5.91 Å². The van der Waals surface area contributed by atoms with Crippen LogP contribution in [0.2, 0.25) is 0 Å². The van der Waals surface area contributed by atoms with Gasteiger partial charge in [0.15, 0.2) is 5.79 Å². The van der Waals surface area contributed by atoms with Gasteiger partial charge in [-0.15, -0.1) is 0 Å². The molecule has 1 aromatic rings. The Bertz CT molecular complexity index is 476. The van der Waals surface area contributed by atoms with E-state index in [1.165, 1.54) is 12.1 Å². The second-order valence-electron chi connectivity index (χ2n) is 5.35. The van der Waals surface area contributed by atoms with E-state index in [0.29, 0.717) is 19.4 Å². The number of benzene rings is 1. The molecule has 110 valence electrons. The number of halogens is 1. The van der Waals surface area contributed by atoms with Gasteiger partial charge in [0.05, 0.1) is 5.92 Å². The van der Waals surface area contributed by atoms with Crippen LogP contribution in [0.25, 0.3) is 0 Å². The Labute approximate surface area is 117 Å². The Morgan fingerprint density at radius 3 is 2.90 bits per heavy atom. The largest absolute Gasteiger partial charge is 0.365 e. The Hall–Kier alpha value is -1.46. The molecule has 0 saturated heterocycles. The van der Waals surface area contributed by atoms with E-state index in [4.69, 9.17) is 0 Å². The van der Waals surface area contributed by atoms with E-state index in [1.807, 2.05) is 0 Å². The van der Waals surface area contributed by atoms with Crippen molar-refractivity contribution in [3.63, 3.8) is 0 Å². The highest BCUT2D eigenvalue weighted by Gasteiger charge is 2.41. The predicted octanol–water partition coefficient (Wildman–Crippen LogP) is 1.36. The molecule has 0 bridgehead atoms. The van der Waals surface area contributed by atoms with E-state index >= 15 is 0 Å². The van der Waals surface area contributed by atoms with Gasteiger partial charge in [-0.1, -0.05) is 18.6 Å². The zero-order chi connectivity index (χ0) is 14.6. The van der Waals surface area contributed by atoms with Crippen LogP contribution in [0, 0.1) is 11.7 Å². The fourth-order valence-electron chi connectivity index (χ4n) is 2.63. The second kappa shape index (κ2) is 6.33. The standard InChI is InChI=1S/C15H20FNO3/c16-12-5-3-4-11(10-12)7-9-17-14(18)13-6-1-2-8-15(13,19)20/h3-5,10,13,19-20H,1-2,6-9H2,(H,17,18). The van der Waals surface area contributed by atoms with E-state index in [0.717, 1.165) is 18.4 Å². The molecular weight excluding hydrogens is 261 g/mol. The summed E-state index contributed by atoms with van der Waals surface area (Å²) in [7, 11) is 0. The number of rotatable bonds is 4. The number of nitrogens with one attached hydrogen (secondary N) is 1. The number of hydrogen-bond donors (Lipinski definition) is 3. The molecule has 3 N–H and O–H groups in total. The molecule has 2 rings (SSSR count). The molecule has 1 aliphatic rings. The third kappa shape index (κ3) is 3.77. The molecule has 1 saturated carbocycles. The van der Waals surface area contributed by atoms with E-state index in [2.05, 4.69) is 5.32 Å². The molecule has 0 radical (unpaired) electrons. The summed E-state index contributed by atoms with van der Waals surface area (Å²) in [5, 5.41) is 22.3. The van der Waals surface area contributed by atoms with Crippen LogP contribution in [0.15, 0.2) is 24.3 Å². The van der Waals surface area contributed by atoms with Gasteiger partial charge in [-0.3, -0.25) is 4.79 Å². The molecule has 1 atom stereocenters. The van der Waals surface area contributed by atoms with Gasteiger partial charge in [0.2, 0.25) is 5.91 Å². The Balaban J connectivity index is 1.83. The fourth-order valence-corrected chi connectivity index (χ4v) is 2.63. The first-order valence-corrected chi connectivity index (χ1v) is 6.96. The summed E-state index contributed by atoms with van der Waals surface area (Å²) in [4.78, 5) is 12.0. The zero-order valence-corrected chi connectivity index (χ0v) is 11.3. The first-order chi connectivity index (χ1) is 9.49. The molecule has 1 aromatic carbocycles. The summed E-state index contributed by atoms with van der Waals surface area (Å²) in [6, 6.07) is 6.21. The van der Waals surface area contributed by atoms with Crippen LogP contribution in [-0.4, -0.2) is 28.5 Å². The SMILES string of the molecule is O=C(NCCc1cccc(F)c1)C1CCCCC1(O)O. The summed E-state index contributed by atoms with van der Waals surface area (Å²) >= 11 is 0. The minimum Gasteiger partial charge on any atom is -0.365 e. The van der Waals surface area contributed by atoms with Crippen molar-refractivity contribution in [1.82, 2.24) is 5.32 Å². The molecule has 5 heteroatoms. The molecule has 20 heavy (non-hydrogen) atoms. The molecule has 0 aromatic heterocycles. The first kappa shape index (κ1) is 14.9. The molecular formula is C15H20FNO3. The van der Waals surface area contributed by atoms with Gasteiger partial charge >= 0.3 is 0 Å². The Morgan fingerprint density at radius 1 is 1.40 bits per heavy atom. The zero-order valence-electron chi connectivity index (χ0n) is 11.3. The molecule has 0 heterocycles. The smallest absolute Gasteiger partial charge is 0.228 e. The average molecular weight is 281 g/mol. The lowest BCUT2D eigenvalue weighted by Gasteiger charge is -2.34. The van der Waals surface area contributed by atoms with Crippen molar-refractivity contribution in [3.8, 4) is 0 Å². The maximum Gasteiger partial charge on any atom is 0.228 e. The monoisotopic (exact) mass is 281 g/mol. The van der Waals surface area contributed by atoms with Crippen LogP contribution < -0.4 is 5.32 Å². The van der Waals surface area contributed by atoms with Crippen LogP contribution >= 0.6 is 0 Å². The van der Waals surface area contributed by atoms with E-state index in [9.17, 15) is 19.4 Å². The molecule has 0 aliphatic heterocycles. The predicted molar refractivity (Wildman–Crippen MR) is 72.2 cm³/mol. The lowest BCUT2D eigenvalue weighted by molar-refractivity contribution is -0.215. The molecule has 1 aliphatic carbocycles. The van der Waals surface area contributed by atoms with Crippen molar-refractivity contribution in [3.05, 3.63) is 35.6 Å². The number of amides is 1. The third-order valence-corrected chi connectivity index (χ3v) is 3.76. The molecule has 1 amide bonds. The topological polar surface area (TPSA) is 69.6 Å². The Morgan fingerprint density at radius 2 is 2.20 bits per heavy atom. The number of carbonyl (C=O) groups is 1. The normalized spacial score (nSPS) is 21.4. The van der Waals surface area contributed by atoms with Crippen LogP contribution in [0.5, 0.6) is 0 Å². The summed E-state index contributed by atoms with van der Waals surface area (Å²) in [6.45, 7) is 0.356. The number of hydrogen-bond acceptors (Lipinski definition) is 3. The Kier molecular flexibility index (Phi) is 4.73. The maximum absolute atomic E-state index is 13.0. The lowest BCUT2D eigenvalue weighted by Crippen LogP contribution is -2.49. The van der Waals surface area contributed by atoms with Crippen molar-refractivity contribution in [1.29, 1.82) is 0 Å². The number of carbonyl (C=O) groups excluding carboxylic acids is 1. The van der Waals surface area contributed by atoms with Crippen LogP contribution in [-0.2, 0) is 11.2 Å². The van der Waals surface area contributed by atoms with E-state index in [1.54, 1.807) is 12.1 Å². The quantitative estimate of drug-likeness (QED) is 0.730. The van der Waals surface area contributed by atoms with Crippen LogP contribution in [0.3, 0.4) is 0 Å². The second-order valence-corrected chi connectivity index (χ2v) is 5.35. The van der Waals surface area contributed by atoms with Crippen LogP contribution in [0.4, 0.5) is 4.39 Å². The minimum absolute atomic E-state index is 0.231. The maximum atomic E-state index is 13.0. The van der Waals surface area contributed by atoms with Gasteiger partial charge in [-0.2, -0.15) is 0 Å². The van der Waals surface area contributed by atoms with Gasteiger partial charge in [-0.05, 0) is 37.0 Å². The van der Waals surface area contributed by atoms with Crippen LogP contribution in [0.1, 0.15) is 31.2 Å². The first-order valence-electron chi connectivity index (χ1n) is 6.96. The summed E-state index contributed by atoms with van der Waals surface area (Å²) in [6.07, 6.45) is 2.78. The molecule has 1 unspecified atom stereocenters. The lowest BCUT2D eigenvalue weighted by atomic mass is 9.83. The molecule has 4 nitrogen and oxygen atoms in total. The van der Waals surface area contributed by atoms with Gasteiger partial charge in [0.25, 0.3) is 0 Å². The van der Waals surface area contributed by atoms with Crippen molar-refractivity contribution in [2.45, 2.75) is 37.9 Å². The summed E-state index contributed by atoms with van der Waals surface area (Å²) < 4.78 is 13.0.